The first kappa shape index (κ1) is 19.5. The summed E-state index contributed by atoms with van der Waals surface area (Å²) in [7, 11) is 1.17. The van der Waals surface area contributed by atoms with Crippen LogP contribution in [-0.4, -0.2) is 49.3 Å². The van der Waals surface area contributed by atoms with Crippen LogP contribution in [0.25, 0.3) is 0 Å². The molecule has 132 valence electrons. The Hall–Kier alpha value is -1.51. The van der Waals surface area contributed by atoms with E-state index in [0.717, 1.165) is 32.1 Å². The van der Waals surface area contributed by atoms with Gasteiger partial charge in [-0.1, -0.05) is 19.8 Å². The summed E-state index contributed by atoms with van der Waals surface area (Å²) in [6.45, 7) is 2.01. The second-order valence-corrected chi connectivity index (χ2v) is 5.79. The summed E-state index contributed by atoms with van der Waals surface area (Å²) in [4.78, 5) is 34.4. The van der Waals surface area contributed by atoms with E-state index < -0.39 is 30.0 Å². The summed E-state index contributed by atoms with van der Waals surface area (Å²) in [5.41, 5.74) is 10.9. The molecule has 0 amide bonds. The van der Waals surface area contributed by atoms with Crippen LogP contribution in [0, 0.1) is 0 Å². The zero-order chi connectivity index (χ0) is 17.5. The Bertz CT molecular complexity index is 434. The number of nitrogens with two attached hydrogens (primary N) is 2. The van der Waals surface area contributed by atoms with Crippen molar-refractivity contribution in [3.05, 3.63) is 0 Å². The summed E-state index contributed by atoms with van der Waals surface area (Å²) >= 11 is 0. The van der Waals surface area contributed by atoms with E-state index in [-0.39, 0.29) is 18.6 Å². The lowest BCUT2D eigenvalue weighted by molar-refractivity contribution is -0.165. The molecule has 0 aliphatic heterocycles. The van der Waals surface area contributed by atoms with Gasteiger partial charge in [-0.3, -0.25) is 4.79 Å². The third-order valence-electron chi connectivity index (χ3n) is 4.15. The number of methoxy groups -OCH3 is 1. The molecule has 4 N–H and O–H groups in total. The monoisotopic (exact) mass is 330 g/mol. The van der Waals surface area contributed by atoms with Gasteiger partial charge >= 0.3 is 17.9 Å². The Morgan fingerprint density at radius 3 is 2.17 bits per heavy atom. The fourth-order valence-corrected chi connectivity index (χ4v) is 2.55. The summed E-state index contributed by atoms with van der Waals surface area (Å²) in [5.74, 6) is -2.60. The van der Waals surface area contributed by atoms with Gasteiger partial charge in [0.05, 0.1) is 25.7 Å². The normalized spacial score (nSPS) is 19.0. The molecule has 0 spiro atoms. The van der Waals surface area contributed by atoms with Crippen LogP contribution in [-0.2, 0) is 28.6 Å². The van der Waals surface area contributed by atoms with Gasteiger partial charge in [0.15, 0.2) is 0 Å². The van der Waals surface area contributed by atoms with Crippen molar-refractivity contribution in [1.82, 2.24) is 0 Å². The predicted octanol–water partition coefficient (Wildman–Crippen LogP) is 0.0133. The van der Waals surface area contributed by atoms with Crippen molar-refractivity contribution in [3.8, 4) is 0 Å². The smallest absolute Gasteiger partial charge is 0.333 e. The fraction of sp³-hybridized carbons (Fsp3) is 0.800. The minimum Gasteiger partial charge on any atom is -0.469 e. The molecule has 0 saturated heterocycles. The SMILES string of the molecule is CCC1(OC[C@H](N)C(=O)OC(=O)[C@@H](N)CC(=O)OC)CCCC1. The third kappa shape index (κ3) is 5.89. The van der Waals surface area contributed by atoms with Gasteiger partial charge in [0.25, 0.3) is 0 Å². The molecule has 23 heavy (non-hydrogen) atoms. The number of hydrogen-bond donors (Lipinski definition) is 2. The molecule has 0 heterocycles. The van der Waals surface area contributed by atoms with Gasteiger partial charge in [0.2, 0.25) is 0 Å². The highest BCUT2D eigenvalue weighted by atomic mass is 16.6. The highest BCUT2D eigenvalue weighted by Gasteiger charge is 2.34. The molecule has 0 unspecified atom stereocenters. The van der Waals surface area contributed by atoms with Gasteiger partial charge < -0.3 is 25.7 Å². The Morgan fingerprint density at radius 1 is 1.09 bits per heavy atom. The maximum Gasteiger partial charge on any atom is 0.333 e. The van der Waals surface area contributed by atoms with Crippen LogP contribution in [0.2, 0.25) is 0 Å². The molecular formula is C15H26N2O6. The zero-order valence-corrected chi connectivity index (χ0v) is 13.7. The Morgan fingerprint density at radius 2 is 1.65 bits per heavy atom. The highest BCUT2D eigenvalue weighted by Crippen LogP contribution is 2.35. The van der Waals surface area contributed by atoms with Crippen LogP contribution < -0.4 is 11.5 Å². The summed E-state index contributed by atoms with van der Waals surface area (Å²) < 4.78 is 14.8. The molecule has 1 aliphatic carbocycles. The van der Waals surface area contributed by atoms with E-state index in [1.165, 1.54) is 7.11 Å². The lowest BCUT2D eigenvalue weighted by atomic mass is 9.99. The van der Waals surface area contributed by atoms with Gasteiger partial charge in [-0.2, -0.15) is 0 Å². The van der Waals surface area contributed by atoms with E-state index in [0.29, 0.717) is 0 Å². The van der Waals surface area contributed by atoms with Gasteiger partial charge in [-0.05, 0) is 19.3 Å². The molecule has 2 atom stereocenters. The van der Waals surface area contributed by atoms with E-state index in [4.69, 9.17) is 16.2 Å². The lowest BCUT2D eigenvalue weighted by Crippen LogP contribution is -2.44. The molecule has 1 fully saturated rings. The average molecular weight is 330 g/mol. The number of carbonyl (C=O) groups excluding carboxylic acids is 3. The molecule has 1 saturated carbocycles. The van der Waals surface area contributed by atoms with Crippen LogP contribution in [0.5, 0.6) is 0 Å². The Kier molecular flexibility index (Phi) is 7.60. The maximum absolute atomic E-state index is 11.8. The van der Waals surface area contributed by atoms with Crippen molar-refractivity contribution in [1.29, 1.82) is 0 Å². The van der Waals surface area contributed by atoms with E-state index in [1.54, 1.807) is 0 Å². The largest absolute Gasteiger partial charge is 0.469 e. The first-order chi connectivity index (χ1) is 10.8. The predicted molar refractivity (Wildman–Crippen MR) is 81.1 cm³/mol. The van der Waals surface area contributed by atoms with Crippen molar-refractivity contribution in [2.24, 2.45) is 11.5 Å². The van der Waals surface area contributed by atoms with Gasteiger partial charge in [0.1, 0.15) is 12.1 Å². The van der Waals surface area contributed by atoms with Crippen molar-refractivity contribution in [2.75, 3.05) is 13.7 Å². The first-order valence-corrected chi connectivity index (χ1v) is 7.81. The molecular weight excluding hydrogens is 304 g/mol. The van der Waals surface area contributed by atoms with Crippen molar-refractivity contribution in [3.63, 3.8) is 0 Å². The molecule has 8 nitrogen and oxygen atoms in total. The fourth-order valence-electron chi connectivity index (χ4n) is 2.55. The molecule has 8 heteroatoms. The topological polar surface area (TPSA) is 131 Å². The first-order valence-electron chi connectivity index (χ1n) is 7.81. The lowest BCUT2D eigenvalue weighted by Gasteiger charge is -2.29. The third-order valence-corrected chi connectivity index (χ3v) is 4.15. The van der Waals surface area contributed by atoms with Crippen molar-refractivity contribution < 1.29 is 28.6 Å². The average Bonchev–Trinajstić information content (AvgIpc) is 3.01. The quantitative estimate of drug-likeness (QED) is 0.470. The number of hydrogen-bond acceptors (Lipinski definition) is 8. The summed E-state index contributed by atoms with van der Waals surface area (Å²) in [5, 5.41) is 0. The van der Waals surface area contributed by atoms with Crippen LogP contribution in [0.15, 0.2) is 0 Å². The number of ether oxygens (including phenoxy) is 3. The van der Waals surface area contributed by atoms with E-state index in [1.807, 2.05) is 6.92 Å². The maximum atomic E-state index is 11.8. The minimum absolute atomic E-state index is 0.0216. The molecule has 1 rings (SSSR count). The van der Waals surface area contributed by atoms with Crippen LogP contribution >= 0.6 is 0 Å². The molecule has 0 radical (unpaired) electrons. The van der Waals surface area contributed by atoms with Gasteiger partial charge in [0, 0.05) is 0 Å². The molecule has 0 aromatic heterocycles. The van der Waals surface area contributed by atoms with Crippen LogP contribution in [0.4, 0.5) is 0 Å². The highest BCUT2D eigenvalue weighted by molar-refractivity contribution is 5.92. The van der Waals surface area contributed by atoms with E-state index >= 15 is 0 Å². The van der Waals surface area contributed by atoms with Gasteiger partial charge in [-0.25, -0.2) is 9.59 Å². The van der Waals surface area contributed by atoms with Crippen LogP contribution in [0.3, 0.4) is 0 Å². The second-order valence-electron chi connectivity index (χ2n) is 5.79. The molecule has 0 bridgehead atoms. The summed E-state index contributed by atoms with van der Waals surface area (Å²) in [6, 6.07) is -2.34. The zero-order valence-electron chi connectivity index (χ0n) is 13.7. The second kappa shape index (κ2) is 8.95. The number of carbonyl (C=O) groups is 3. The number of rotatable bonds is 8. The van der Waals surface area contributed by atoms with E-state index in [2.05, 4.69) is 9.47 Å². The van der Waals surface area contributed by atoms with Crippen LogP contribution in [0.1, 0.15) is 45.4 Å². The molecule has 0 aromatic carbocycles. The van der Waals surface area contributed by atoms with Gasteiger partial charge in [-0.15, -0.1) is 0 Å². The van der Waals surface area contributed by atoms with E-state index in [9.17, 15) is 14.4 Å². The minimum atomic E-state index is -1.27. The molecule has 1 aliphatic rings. The van der Waals surface area contributed by atoms with Crippen molar-refractivity contribution in [2.45, 2.75) is 63.1 Å². The standard InChI is InChI=1S/C15H26N2O6/c1-3-15(6-4-5-7-15)22-9-11(17)14(20)23-13(19)10(16)8-12(18)21-2/h10-11H,3-9,16-17H2,1-2H3/t10-,11-/m0/s1. The Balaban J connectivity index is 2.41. The molecule has 0 aromatic rings. The van der Waals surface area contributed by atoms with Crippen molar-refractivity contribution >= 4 is 17.9 Å². The Labute approximate surface area is 135 Å². The summed E-state index contributed by atoms with van der Waals surface area (Å²) in [6.07, 6.45) is 4.54. The number of esters is 3.